The van der Waals surface area contributed by atoms with Gasteiger partial charge in [0.15, 0.2) is 0 Å². The van der Waals surface area contributed by atoms with Crippen LogP contribution in [-0.4, -0.2) is 15.0 Å². The van der Waals surface area contributed by atoms with Crippen molar-refractivity contribution in [2.45, 2.75) is 13.1 Å². The number of halogens is 1. The van der Waals surface area contributed by atoms with Crippen LogP contribution in [0.1, 0.15) is 22.5 Å². The van der Waals surface area contributed by atoms with Crippen LogP contribution in [0.5, 0.6) is 0 Å². The van der Waals surface area contributed by atoms with Gasteiger partial charge in [-0.25, -0.2) is 9.07 Å². The maximum atomic E-state index is 13.0. The predicted molar refractivity (Wildman–Crippen MR) is 88.8 cm³/mol. The summed E-state index contributed by atoms with van der Waals surface area (Å²) in [5.41, 5.74) is 9.39. The molecule has 0 aliphatic rings. The Balaban J connectivity index is 1.88. The lowest BCUT2D eigenvalue weighted by Crippen LogP contribution is -2.05. The molecule has 0 amide bonds. The lowest BCUT2D eigenvalue weighted by molar-refractivity contribution is 0.628. The maximum absolute atomic E-state index is 13.0. The number of hydrogen-bond donors (Lipinski definition) is 1. The Morgan fingerprint density at radius 1 is 1.00 bits per heavy atom. The van der Waals surface area contributed by atoms with Crippen LogP contribution in [0.15, 0.2) is 54.6 Å². The largest absolute Gasteiger partial charge is 0.325 e. The van der Waals surface area contributed by atoms with Crippen LogP contribution in [0.25, 0.3) is 12.2 Å². The molecule has 2 aromatic carbocycles. The van der Waals surface area contributed by atoms with Crippen molar-refractivity contribution in [2.75, 3.05) is 0 Å². The van der Waals surface area contributed by atoms with Crippen molar-refractivity contribution in [1.82, 2.24) is 15.0 Å². The fourth-order valence-electron chi connectivity index (χ4n) is 2.31. The summed E-state index contributed by atoms with van der Waals surface area (Å²) in [6.45, 7) is 0.939. The molecule has 23 heavy (non-hydrogen) atoms. The second kappa shape index (κ2) is 6.98. The highest BCUT2D eigenvalue weighted by molar-refractivity contribution is 5.69. The molecule has 3 rings (SSSR count). The van der Waals surface area contributed by atoms with E-state index in [0.717, 1.165) is 22.5 Å². The Hall–Kier alpha value is -2.79. The van der Waals surface area contributed by atoms with E-state index in [-0.39, 0.29) is 5.82 Å². The van der Waals surface area contributed by atoms with Crippen molar-refractivity contribution in [1.29, 1.82) is 0 Å². The smallest absolute Gasteiger partial charge is 0.123 e. The highest BCUT2D eigenvalue weighted by Gasteiger charge is 2.09. The SMILES string of the molecule is NCc1nnn(Cc2ccccc2)c1/C=C/c1ccc(F)cc1. The Kier molecular flexibility index (Phi) is 4.59. The minimum atomic E-state index is -0.249. The molecular formula is C18H17FN4. The summed E-state index contributed by atoms with van der Waals surface area (Å²) in [4.78, 5) is 0. The van der Waals surface area contributed by atoms with E-state index in [1.807, 2.05) is 47.2 Å². The van der Waals surface area contributed by atoms with Gasteiger partial charge in [-0.3, -0.25) is 0 Å². The second-order valence-corrected chi connectivity index (χ2v) is 5.15. The van der Waals surface area contributed by atoms with E-state index >= 15 is 0 Å². The summed E-state index contributed by atoms with van der Waals surface area (Å²) in [6.07, 6.45) is 3.82. The molecule has 2 N–H and O–H groups in total. The topological polar surface area (TPSA) is 56.7 Å². The number of aromatic nitrogens is 3. The Bertz CT molecular complexity index is 792. The summed E-state index contributed by atoms with van der Waals surface area (Å²) < 4.78 is 14.8. The predicted octanol–water partition coefficient (Wildman–Crippen LogP) is 3.09. The van der Waals surface area contributed by atoms with E-state index in [2.05, 4.69) is 10.3 Å². The lowest BCUT2D eigenvalue weighted by atomic mass is 10.1. The van der Waals surface area contributed by atoms with Crippen LogP contribution in [-0.2, 0) is 13.1 Å². The lowest BCUT2D eigenvalue weighted by Gasteiger charge is -2.04. The van der Waals surface area contributed by atoms with E-state index in [9.17, 15) is 4.39 Å². The third kappa shape index (κ3) is 3.70. The molecule has 0 radical (unpaired) electrons. The highest BCUT2D eigenvalue weighted by Crippen LogP contribution is 2.13. The zero-order valence-corrected chi connectivity index (χ0v) is 12.6. The third-order valence-corrected chi connectivity index (χ3v) is 3.52. The van der Waals surface area contributed by atoms with Gasteiger partial charge in [-0.15, -0.1) is 5.10 Å². The van der Waals surface area contributed by atoms with Crippen molar-refractivity contribution in [3.8, 4) is 0 Å². The number of hydrogen-bond acceptors (Lipinski definition) is 3. The normalized spacial score (nSPS) is 11.2. The molecule has 116 valence electrons. The van der Waals surface area contributed by atoms with Crippen LogP contribution in [0.4, 0.5) is 4.39 Å². The van der Waals surface area contributed by atoms with Gasteiger partial charge in [0, 0.05) is 6.54 Å². The molecule has 0 spiro atoms. The van der Waals surface area contributed by atoms with E-state index in [1.54, 1.807) is 12.1 Å². The molecule has 5 heteroatoms. The summed E-state index contributed by atoms with van der Waals surface area (Å²) in [7, 11) is 0. The summed E-state index contributed by atoms with van der Waals surface area (Å²) in [5, 5.41) is 8.32. The molecule has 0 bridgehead atoms. The third-order valence-electron chi connectivity index (χ3n) is 3.52. The van der Waals surface area contributed by atoms with Crippen LogP contribution in [0, 0.1) is 5.82 Å². The number of benzene rings is 2. The Morgan fingerprint density at radius 3 is 2.43 bits per heavy atom. The molecule has 3 aromatic rings. The van der Waals surface area contributed by atoms with Gasteiger partial charge in [0.2, 0.25) is 0 Å². The van der Waals surface area contributed by atoms with E-state index in [0.29, 0.717) is 13.1 Å². The monoisotopic (exact) mass is 308 g/mol. The second-order valence-electron chi connectivity index (χ2n) is 5.15. The molecule has 0 fully saturated rings. The molecule has 0 atom stereocenters. The average Bonchev–Trinajstić information content (AvgIpc) is 2.97. The quantitative estimate of drug-likeness (QED) is 0.788. The molecular weight excluding hydrogens is 291 g/mol. The van der Waals surface area contributed by atoms with Gasteiger partial charge < -0.3 is 5.73 Å². The molecule has 1 heterocycles. The molecule has 0 saturated heterocycles. The van der Waals surface area contributed by atoms with E-state index in [4.69, 9.17) is 5.73 Å². The minimum absolute atomic E-state index is 0.249. The van der Waals surface area contributed by atoms with Crippen LogP contribution in [0.2, 0.25) is 0 Å². The van der Waals surface area contributed by atoms with Gasteiger partial charge in [0.25, 0.3) is 0 Å². The van der Waals surface area contributed by atoms with Crippen molar-refractivity contribution >= 4 is 12.2 Å². The average molecular weight is 308 g/mol. The number of rotatable bonds is 5. The van der Waals surface area contributed by atoms with Gasteiger partial charge in [-0.2, -0.15) is 0 Å². The molecule has 0 saturated carbocycles. The Labute approximate surface area is 134 Å². The zero-order chi connectivity index (χ0) is 16.1. The number of nitrogens with zero attached hydrogens (tertiary/aromatic N) is 3. The van der Waals surface area contributed by atoms with Crippen LogP contribution >= 0.6 is 0 Å². The van der Waals surface area contributed by atoms with Gasteiger partial charge in [0.1, 0.15) is 11.5 Å². The van der Waals surface area contributed by atoms with Crippen LogP contribution in [0.3, 0.4) is 0 Å². The first kappa shape index (κ1) is 15.1. The van der Waals surface area contributed by atoms with Crippen LogP contribution < -0.4 is 5.73 Å². The van der Waals surface area contributed by atoms with E-state index in [1.165, 1.54) is 12.1 Å². The van der Waals surface area contributed by atoms with Gasteiger partial charge in [-0.05, 0) is 29.3 Å². The first-order valence-electron chi connectivity index (χ1n) is 7.36. The minimum Gasteiger partial charge on any atom is -0.325 e. The first-order valence-corrected chi connectivity index (χ1v) is 7.36. The molecule has 0 aliphatic carbocycles. The summed E-state index contributed by atoms with van der Waals surface area (Å²) >= 11 is 0. The van der Waals surface area contributed by atoms with Crippen molar-refractivity contribution in [3.63, 3.8) is 0 Å². The zero-order valence-electron chi connectivity index (χ0n) is 12.6. The fraction of sp³-hybridized carbons (Fsp3) is 0.111. The summed E-state index contributed by atoms with van der Waals surface area (Å²) in [6, 6.07) is 16.3. The van der Waals surface area contributed by atoms with Gasteiger partial charge in [-0.1, -0.05) is 53.8 Å². The van der Waals surface area contributed by atoms with Gasteiger partial charge in [0.05, 0.1) is 12.2 Å². The van der Waals surface area contributed by atoms with Crippen molar-refractivity contribution in [2.24, 2.45) is 5.73 Å². The van der Waals surface area contributed by atoms with Crippen molar-refractivity contribution < 1.29 is 4.39 Å². The molecule has 4 nitrogen and oxygen atoms in total. The van der Waals surface area contributed by atoms with Gasteiger partial charge >= 0.3 is 0 Å². The standard InChI is InChI=1S/C18H17FN4/c19-16-9-6-14(7-10-16)8-11-18-17(12-20)21-22-23(18)13-15-4-2-1-3-5-15/h1-11H,12-13,20H2/b11-8+. The Morgan fingerprint density at radius 2 is 1.74 bits per heavy atom. The number of nitrogens with two attached hydrogens (primary N) is 1. The molecule has 0 aliphatic heterocycles. The van der Waals surface area contributed by atoms with Crippen molar-refractivity contribution in [3.05, 3.63) is 82.9 Å². The maximum Gasteiger partial charge on any atom is 0.123 e. The highest BCUT2D eigenvalue weighted by atomic mass is 19.1. The fourth-order valence-corrected chi connectivity index (χ4v) is 2.31. The van der Waals surface area contributed by atoms with E-state index < -0.39 is 0 Å². The molecule has 0 unspecified atom stereocenters. The summed E-state index contributed by atoms with van der Waals surface area (Å²) in [5.74, 6) is -0.249. The first-order chi connectivity index (χ1) is 11.3. The molecule has 1 aromatic heterocycles.